The van der Waals surface area contributed by atoms with E-state index in [1.165, 1.54) is 0 Å². The number of anilines is 2. The molecule has 0 amide bonds. The highest BCUT2D eigenvalue weighted by atomic mass is 127. The van der Waals surface area contributed by atoms with Gasteiger partial charge in [-0.2, -0.15) is 5.10 Å². The highest BCUT2D eigenvalue weighted by Crippen LogP contribution is 2.39. The first kappa shape index (κ1) is 20.3. The zero-order valence-electron chi connectivity index (χ0n) is 16.2. The smallest absolute Gasteiger partial charge is 0.167 e. The van der Waals surface area contributed by atoms with E-state index in [1.807, 2.05) is 43.4 Å². The van der Waals surface area contributed by atoms with E-state index in [0.29, 0.717) is 23.1 Å². The Hall–Kier alpha value is -1.97. The first-order valence-electron chi connectivity index (χ1n) is 8.67. The molecule has 8 nitrogen and oxygen atoms in total. The predicted molar refractivity (Wildman–Crippen MR) is 126 cm³/mol. The second kappa shape index (κ2) is 8.04. The summed E-state index contributed by atoms with van der Waals surface area (Å²) in [6, 6.07) is 7.62. The van der Waals surface area contributed by atoms with Crippen molar-refractivity contribution >= 4 is 62.6 Å². The van der Waals surface area contributed by atoms with E-state index >= 15 is 0 Å². The van der Waals surface area contributed by atoms with Gasteiger partial charge in [-0.1, -0.05) is 17.7 Å². The molecule has 0 aliphatic carbocycles. The summed E-state index contributed by atoms with van der Waals surface area (Å²) >= 11 is 8.62. The lowest BCUT2D eigenvalue weighted by Gasteiger charge is -2.15. The molecule has 1 unspecified atom stereocenters. The number of imidazole rings is 1. The fourth-order valence-corrected chi connectivity index (χ4v) is 5.58. The van der Waals surface area contributed by atoms with Crippen LogP contribution in [0.5, 0.6) is 5.75 Å². The number of para-hydroxylation sites is 1. The molecular weight excluding hydrogens is 524 g/mol. The van der Waals surface area contributed by atoms with Gasteiger partial charge in [0.2, 0.25) is 0 Å². The van der Waals surface area contributed by atoms with E-state index in [9.17, 15) is 0 Å². The minimum Gasteiger partial charge on any atom is -0.494 e. The van der Waals surface area contributed by atoms with Crippen LogP contribution in [-0.4, -0.2) is 36.2 Å². The molecule has 1 aromatic carbocycles. The summed E-state index contributed by atoms with van der Waals surface area (Å²) in [5.41, 5.74) is 3.90. The highest BCUT2D eigenvalue weighted by Gasteiger charge is 2.19. The number of fused-ring (bicyclic) bond motifs is 1. The van der Waals surface area contributed by atoms with Crippen LogP contribution in [0.2, 0.25) is 5.15 Å². The lowest BCUT2D eigenvalue weighted by Crippen LogP contribution is -2.01. The minimum atomic E-state index is 0.398. The average molecular weight is 542 g/mol. The van der Waals surface area contributed by atoms with Crippen molar-refractivity contribution in [3.05, 3.63) is 41.1 Å². The minimum absolute atomic E-state index is 0.398. The lowest BCUT2D eigenvalue weighted by atomic mass is 10.1. The number of ether oxygens (including phenoxy) is 1. The molecule has 0 saturated carbocycles. The van der Waals surface area contributed by atoms with Crippen LogP contribution < -0.4 is 10.1 Å². The molecule has 1 N–H and O–H groups in total. The molecule has 29 heavy (non-hydrogen) atoms. The van der Waals surface area contributed by atoms with Gasteiger partial charge in [0.05, 0.1) is 30.4 Å². The van der Waals surface area contributed by atoms with Crippen molar-refractivity contribution in [3.8, 4) is 17.1 Å². The van der Waals surface area contributed by atoms with Crippen molar-refractivity contribution in [1.29, 1.82) is 0 Å². The SMILES string of the molecule is COc1c(Nc2cc(Cl)nc3c2nc(C)n3PI)cccc1-c1nc(C)nn1C. The summed E-state index contributed by atoms with van der Waals surface area (Å²) in [5, 5.41) is 8.17. The van der Waals surface area contributed by atoms with Crippen LogP contribution in [0.3, 0.4) is 0 Å². The maximum absolute atomic E-state index is 6.31. The Labute approximate surface area is 187 Å². The molecule has 0 spiro atoms. The van der Waals surface area contributed by atoms with Gasteiger partial charge in [-0.05, 0) is 48.0 Å². The highest BCUT2D eigenvalue weighted by molar-refractivity contribution is 14.2. The van der Waals surface area contributed by atoms with Crippen molar-refractivity contribution in [2.75, 3.05) is 12.4 Å². The second-order valence-electron chi connectivity index (χ2n) is 6.36. The number of hydrogen-bond donors (Lipinski definition) is 1. The van der Waals surface area contributed by atoms with Crippen LogP contribution in [0, 0.1) is 13.8 Å². The number of aryl methyl sites for hydroxylation is 3. The number of methoxy groups -OCH3 is 1. The second-order valence-corrected chi connectivity index (χ2v) is 8.81. The van der Waals surface area contributed by atoms with E-state index < -0.39 is 0 Å². The maximum Gasteiger partial charge on any atom is 0.167 e. The molecule has 0 aliphatic heterocycles. The van der Waals surface area contributed by atoms with Gasteiger partial charge in [-0.15, -0.1) is 0 Å². The largest absolute Gasteiger partial charge is 0.494 e. The average Bonchev–Trinajstić information content (AvgIpc) is 3.19. The predicted octanol–water partition coefficient (Wildman–Crippen LogP) is 5.04. The Morgan fingerprint density at radius 1 is 1.17 bits per heavy atom. The van der Waals surface area contributed by atoms with Gasteiger partial charge in [-0.3, -0.25) is 4.34 Å². The number of hydrogen-bond acceptors (Lipinski definition) is 6. The van der Waals surface area contributed by atoms with Crippen molar-refractivity contribution < 1.29 is 4.74 Å². The van der Waals surface area contributed by atoms with Crippen molar-refractivity contribution in [3.63, 3.8) is 0 Å². The van der Waals surface area contributed by atoms with Gasteiger partial charge < -0.3 is 10.1 Å². The van der Waals surface area contributed by atoms with Gasteiger partial charge in [0.1, 0.15) is 22.3 Å². The first-order chi connectivity index (χ1) is 13.9. The molecule has 4 rings (SSSR count). The van der Waals surface area contributed by atoms with Gasteiger partial charge in [0, 0.05) is 13.1 Å². The molecular formula is C18H18ClIN7OP. The van der Waals surface area contributed by atoms with Gasteiger partial charge >= 0.3 is 0 Å². The molecule has 11 heteroatoms. The van der Waals surface area contributed by atoms with Crippen LogP contribution in [0.25, 0.3) is 22.6 Å². The topological polar surface area (TPSA) is 82.7 Å². The zero-order chi connectivity index (χ0) is 20.7. The van der Waals surface area contributed by atoms with E-state index in [4.69, 9.17) is 16.3 Å². The standard InChI is InChI=1S/C18H18ClIN7OP/c1-9-21-17(26(3)25-9)11-6-5-7-12(16(11)28-4)23-13-8-14(19)24-18-15(13)22-10(2)27(18)29-20/h5-8,29H,1-4H3,(H,23,24). The quantitative estimate of drug-likeness (QED) is 0.217. The van der Waals surface area contributed by atoms with E-state index in [0.717, 1.165) is 39.8 Å². The number of benzene rings is 1. The van der Waals surface area contributed by atoms with E-state index in [-0.39, 0.29) is 0 Å². The summed E-state index contributed by atoms with van der Waals surface area (Å²) in [6.07, 6.45) is 0.478. The van der Waals surface area contributed by atoms with Crippen molar-refractivity contribution in [2.24, 2.45) is 7.05 Å². The molecule has 3 heterocycles. The Bertz CT molecular complexity index is 1220. The molecule has 0 fully saturated rings. The van der Waals surface area contributed by atoms with Gasteiger partial charge in [0.25, 0.3) is 0 Å². The molecule has 3 aromatic heterocycles. The third kappa shape index (κ3) is 3.67. The lowest BCUT2D eigenvalue weighted by molar-refractivity contribution is 0.418. The summed E-state index contributed by atoms with van der Waals surface area (Å²) in [6.45, 7) is 3.82. The molecule has 0 radical (unpaired) electrons. The van der Waals surface area contributed by atoms with E-state index in [2.05, 4.69) is 47.4 Å². The molecule has 1 atom stereocenters. The molecule has 0 bridgehead atoms. The molecule has 0 saturated heterocycles. The fraction of sp³-hybridized carbons (Fsp3) is 0.222. The fourth-order valence-electron chi connectivity index (χ4n) is 3.25. The summed E-state index contributed by atoms with van der Waals surface area (Å²) in [4.78, 5) is 13.7. The Balaban J connectivity index is 1.85. The third-order valence-corrected chi connectivity index (χ3v) is 6.78. The summed E-state index contributed by atoms with van der Waals surface area (Å²) in [7, 11) is 3.50. The number of nitrogens with zero attached hydrogens (tertiary/aromatic N) is 6. The molecule has 0 aliphatic rings. The Morgan fingerprint density at radius 3 is 2.62 bits per heavy atom. The van der Waals surface area contributed by atoms with Crippen LogP contribution in [0.15, 0.2) is 24.3 Å². The normalized spacial score (nSPS) is 11.7. The van der Waals surface area contributed by atoms with Crippen molar-refractivity contribution in [2.45, 2.75) is 13.8 Å². The van der Waals surface area contributed by atoms with Crippen LogP contribution in [0.1, 0.15) is 11.6 Å². The summed E-state index contributed by atoms with van der Waals surface area (Å²) in [5.74, 6) is 2.98. The first-order valence-corrected chi connectivity index (χ1v) is 13.1. The maximum atomic E-state index is 6.31. The number of aromatic nitrogens is 6. The zero-order valence-corrected chi connectivity index (χ0v) is 20.1. The number of halogens is 2. The van der Waals surface area contributed by atoms with Crippen LogP contribution in [-0.2, 0) is 7.05 Å². The van der Waals surface area contributed by atoms with Gasteiger partial charge in [0.15, 0.2) is 17.2 Å². The molecule has 4 aromatic rings. The van der Waals surface area contributed by atoms with Gasteiger partial charge in [-0.25, -0.2) is 19.6 Å². The van der Waals surface area contributed by atoms with Crippen LogP contribution >= 0.6 is 40.0 Å². The number of nitrogens with one attached hydrogen (secondary N) is 1. The Morgan fingerprint density at radius 2 is 1.97 bits per heavy atom. The monoisotopic (exact) mass is 541 g/mol. The Kier molecular flexibility index (Phi) is 5.63. The van der Waals surface area contributed by atoms with Crippen LogP contribution in [0.4, 0.5) is 11.4 Å². The summed E-state index contributed by atoms with van der Waals surface area (Å²) < 4.78 is 9.53. The third-order valence-electron chi connectivity index (χ3n) is 4.43. The van der Waals surface area contributed by atoms with E-state index in [1.54, 1.807) is 17.9 Å². The van der Waals surface area contributed by atoms with Crippen molar-refractivity contribution in [1.82, 2.24) is 29.1 Å². The number of rotatable bonds is 5. The molecule has 150 valence electrons. The number of pyridine rings is 1.